The van der Waals surface area contributed by atoms with Gasteiger partial charge in [0.05, 0.1) is 5.69 Å². The van der Waals surface area contributed by atoms with Crippen molar-refractivity contribution in [2.75, 3.05) is 6.61 Å². The van der Waals surface area contributed by atoms with E-state index < -0.39 is 23.9 Å². The third-order valence-electron chi connectivity index (χ3n) is 5.34. The second-order valence-electron chi connectivity index (χ2n) is 7.49. The first-order chi connectivity index (χ1) is 13.2. The molecule has 2 heterocycles. The molecule has 0 unspecified atom stereocenters. The Balaban J connectivity index is 1.69. The lowest BCUT2D eigenvalue weighted by atomic mass is 9.84. The maximum Gasteiger partial charge on any atom is 0.310 e. The summed E-state index contributed by atoms with van der Waals surface area (Å²) >= 11 is 0. The van der Waals surface area contributed by atoms with Gasteiger partial charge in [-0.25, -0.2) is 9.38 Å². The Morgan fingerprint density at radius 2 is 1.89 bits per heavy atom. The quantitative estimate of drug-likeness (QED) is 0.858. The molecule has 0 aromatic heterocycles. The van der Waals surface area contributed by atoms with Gasteiger partial charge in [-0.2, -0.15) is 8.78 Å². The van der Waals surface area contributed by atoms with Gasteiger partial charge in [0.25, 0.3) is 6.02 Å². The number of nitrogens with two attached hydrogens (primary N) is 1. The molecule has 7 heteroatoms. The van der Waals surface area contributed by atoms with Crippen molar-refractivity contribution >= 4 is 17.4 Å². The van der Waals surface area contributed by atoms with E-state index >= 15 is 0 Å². The molecule has 2 aliphatic heterocycles. The summed E-state index contributed by atoms with van der Waals surface area (Å²) in [5.41, 5.74) is 7.41. The Bertz CT molecular complexity index is 999. The van der Waals surface area contributed by atoms with Crippen molar-refractivity contribution in [1.82, 2.24) is 0 Å². The maximum absolute atomic E-state index is 14.8. The summed E-state index contributed by atoms with van der Waals surface area (Å²) in [6, 6.07) is 10.3. The van der Waals surface area contributed by atoms with Gasteiger partial charge in [0.2, 0.25) is 0 Å². The van der Waals surface area contributed by atoms with E-state index in [0.29, 0.717) is 24.1 Å². The van der Waals surface area contributed by atoms with Crippen LogP contribution in [0.2, 0.25) is 0 Å². The number of fused-ring (bicyclic) bond motifs is 1. The van der Waals surface area contributed by atoms with Gasteiger partial charge in [0.1, 0.15) is 5.82 Å². The summed E-state index contributed by atoms with van der Waals surface area (Å²) < 4.78 is 48.6. The number of hydrogen-bond donors (Lipinski definition) is 1. The minimum Gasteiger partial charge on any atom is -0.459 e. The zero-order chi connectivity index (χ0) is 20.1. The number of alkyl halides is 2. The predicted molar refractivity (Wildman–Crippen MR) is 102 cm³/mol. The summed E-state index contributed by atoms with van der Waals surface area (Å²) in [6.45, 7) is 2.23. The minimum atomic E-state index is -3.40. The Kier molecular flexibility index (Phi) is 4.21. The molecule has 146 valence electrons. The van der Waals surface area contributed by atoms with Gasteiger partial charge < -0.3 is 10.5 Å². The lowest BCUT2D eigenvalue weighted by Crippen LogP contribution is -2.51. The molecule has 4 rings (SSSR count). The molecule has 2 aromatic rings. The molecule has 0 saturated heterocycles. The van der Waals surface area contributed by atoms with Gasteiger partial charge in [-0.3, -0.25) is 4.99 Å². The first kappa shape index (κ1) is 18.5. The standard InChI is InChI=1S/C21H20F3N3O/c1-12-3-5-13(6-4-12)7-15-8-14-9-17(22)16(10-18(14)26-15)20(2)21(23,24)11-28-19(25)27-20/h3-6,9-10H,7-8,11H2,1-2H3,(H2,25,27)/t20-/m1/s1. The number of aliphatic imine (C=N–C) groups is 2. The van der Waals surface area contributed by atoms with Gasteiger partial charge in [-0.15, -0.1) is 0 Å². The molecule has 28 heavy (non-hydrogen) atoms. The van der Waals surface area contributed by atoms with Crippen LogP contribution in [-0.2, 0) is 23.1 Å². The molecule has 4 nitrogen and oxygen atoms in total. The van der Waals surface area contributed by atoms with Crippen molar-refractivity contribution in [1.29, 1.82) is 0 Å². The molecule has 0 amide bonds. The monoisotopic (exact) mass is 387 g/mol. The second-order valence-corrected chi connectivity index (χ2v) is 7.49. The summed E-state index contributed by atoms with van der Waals surface area (Å²) in [4.78, 5) is 8.31. The first-order valence-electron chi connectivity index (χ1n) is 8.99. The van der Waals surface area contributed by atoms with Crippen LogP contribution in [0.4, 0.5) is 18.9 Å². The van der Waals surface area contributed by atoms with Crippen molar-refractivity contribution in [3.63, 3.8) is 0 Å². The third-order valence-corrected chi connectivity index (χ3v) is 5.34. The van der Waals surface area contributed by atoms with Gasteiger partial charge in [0.15, 0.2) is 12.1 Å². The maximum atomic E-state index is 14.8. The number of hydrogen-bond acceptors (Lipinski definition) is 4. The highest BCUT2D eigenvalue weighted by Gasteiger charge is 2.56. The average molecular weight is 387 g/mol. The number of rotatable bonds is 3. The van der Waals surface area contributed by atoms with Crippen LogP contribution in [-0.4, -0.2) is 24.3 Å². The summed E-state index contributed by atoms with van der Waals surface area (Å²) in [5.74, 6) is -4.15. The topological polar surface area (TPSA) is 60.0 Å². The predicted octanol–water partition coefficient (Wildman–Crippen LogP) is 4.20. The highest BCUT2D eigenvalue weighted by atomic mass is 19.3. The fraction of sp³-hybridized carbons (Fsp3) is 0.333. The van der Waals surface area contributed by atoms with Gasteiger partial charge in [0, 0.05) is 24.1 Å². The molecular weight excluding hydrogens is 367 g/mol. The zero-order valence-electron chi connectivity index (χ0n) is 15.6. The van der Waals surface area contributed by atoms with Crippen LogP contribution in [0.5, 0.6) is 0 Å². The van der Waals surface area contributed by atoms with E-state index in [1.165, 1.54) is 19.1 Å². The van der Waals surface area contributed by atoms with E-state index in [1.54, 1.807) is 0 Å². The fourth-order valence-corrected chi connectivity index (χ4v) is 3.59. The summed E-state index contributed by atoms with van der Waals surface area (Å²) in [5, 5.41) is 0. The number of amidine groups is 1. The van der Waals surface area contributed by atoms with Gasteiger partial charge >= 0.3 is 5.92 Å². The van der Waals surface area contributed by atoms with E-state index in [2.05, 4.69) is 14.7 Å². The lowest BCUT2D eigenvalue weighted by Gasteiger charge is -2.37. The van der Waals surface area contributed by atoms with Crippen LogP contribution in [0.15, 0.2) is 46.4 Å². The van der Waals surface area contributed by atoms with E-state index in [0.717, 1.165) is 16.8 Å². The largest absolute Gasteiger partial charge is 0.459 e. The Morgan fingerprint density at radius 1 is 1.18 bits per heavy atom. The van der Waals surface area contributed by atoms with Crippen LogP contribution in [0.1, 0.15) is 29.2 Å². The number of aryl methyl sites for hydroxylation is 1. The SMILES string of the molecule is Cc1ccc(CC2=Nc3cc([C@@]4(C)N=C(N)OCC4(F)F)c(F)cc3C2)cc1. The van der Waals surface area contributed by atoms with Crippen LogP contribution in [0.3, 0.4) is 0 Å². The second kappa shape index (κ2) is 6.36. The Hall–Kier alpha value is -2.83. The van der Waals surface area contributed by atoms with Crippen LogP contribution < -0.4 is 5.73 Å². The number of ether oxygens (including phenoxy) is 1. The summed E-state index contributed by atoms with van der Waals surface area (Å²) in [6.07, 6.45) is 1.11. The molecule has 2 aromatic carbocycles. The normalized spacial score (nSPS) is 22.9. The minimum absolute atomic E-state index is 0.233. The molecule has 2 aliphatic rings. The van der Waals surface area contributed by atoms with Crippen molar-refractivity contribution in [3.8, 4) is 0 Å². The Labute approximate surface area is 161 Å². The number of halogens is 3. The van der Waals surface area contributed by atoms with E-state index in [9.17, 15) is 13.2 Å². The molecular formula is C21H20F3N3O. The molecule has 0 bridgehead atoms. The molecule has 1 atom stereocenters. The van der Waals surface area contributed by atoms with E-state index in [1.807, 2.05) is 31.2 Å². The summed E-state index contributed by atoms with van der Waals surface area (Å²) in [7, 11) is 0. The van der Waals surface area contributed by atoms with Crippen molar-refractivity contribution in [2.45, 2.75) is 38.2 Å². The number of benzene rings is 2. The smallest absolute Gasteiger partial charge is 0.310 e. The highest BCUT2D eigenvalue weighted by Crippen LogP contribution is 2.46. The van der Waals surface area contributed by atoms with Gasteiger partial charge in [-0.05, 0) is 37.1 Å². The van der Waals surface area contributed by atoms with Crippen molar-refractivity contribution in [3.05, 3.63) is 64.5 Å². The molecule has 0 radical (unpaired) electrons. The molecule has 0 aliphatic carbocycles. The molecule has 2 N–H and O–H groups in total. The highest BCUT2D eigenvalue weighted by molar-refractivity contribution is 5.95. The zero-order valence-corrected chi connectivity index (χ0v) is 15.6. The van der Waals surface area contributed by atoms with Crippen LogP contribution in [0, 0.1) is 12.7 Å². The van der Waals surface area contributed by atoms with E-state index in [4.69, 9.17) is 5.73 Å². The molecule has 0 spiro atoms. The van der Waals surface area contributed by atoms with Crippen molar-refractivity contribution < 1.29 is 17.9 Å². The lowest BCUT2D eigenvalue weighted by molar-refractivity contribution is -0.117. The first-order valence-corrected chi connectivity index (χ1v) is 8.99. The molecule has 0 saturated carbocycles. The third kappa shape index (κ3) is 3.04. The Morgan fingerprint density at radius 3 is 2.61 bits per heavy atom. The number of nitrogens with zero attached hydrogens (tertiary/aromatic N) is 2. The van der Waals surface area contributed by atoms with Crippen molar-refractivity contribution in [2.24, 2.45) is 15.7 Å². The average Bonchev–Trinajstić information content (AvgIpc) is 3.01. The molecule has 0 fully saturated rings. The van der Waals surface area contributed by atoms with Crippen LogP contribution in [0.25, 0.3) is 0 Å². The van der Waals surface area contributed by atoms with Gasteiger partial charge in [-0.1, -0.05) is 29.8 Å². The van der Waals surface area contributed by atoms with Crippen LogP contribution >= 0.6 is 0 Å². The van der Waals surface area contributed by atoms with E-state index in [-0.39, 0.29) is 11.6 Å². The fourth-order valence-electron chi connectivity index (χ4n) is 3.59.